The van der Waals surface area contributed by atoms with Crippen LogP contribution in [0.4, 0.5) is 0 Å². The Morgan fingerprint density at radius 3 is 2.57 bits per heavy atom. The van der Waals surface area contributed by atoms with Crippen LogP contribution in [-0.4, -0.2) is 18.5 Å². The third kappa shape index (κ3) is 2.81. The van der Waals surface area contributed by atoms with E-state index in [0.29, 0.717) is 12.4 Å². The van der Waals surface area contributed by atoms with Crippen LogP contribution in [0.3, 0.4) is 0 Å². The maximum absolute atomic E-state index is 11.8. The van der Waals surface area contributed by atoms with E-state index in [4.69, 9.17) is 4.74 Å². The second-order valence-corrected chi connectivity index (χ2v) is 5.26. The van der Waals surface area contributed by atoms with E-state index in [2.05, 4.69) is 13.8 Å². The molecular weight excluding hydrogens is 176 g/mol. The van der Waals surface area contributed by atoms with Crippen molar-refractivity contribution in [2.75, 3.05) is 6.61 Å². The van der Waals surface area contributed by atoms with Gasteiger partial charge < -0.3 is 4.74 Å². The summed E-state index contributed by atoms with van der Waals surface area (Å²) in [6.45, 7) is 8.61. The number of hydrogen-bond acceptors (Lipinski definition) is 2. The van der Waals surface area contributed by atoms with Crippen LogP contribution in [0.15, 0.2) is 0 Å². The first-order valence-electron chi connectivity index (χ1n) is 5.58. The van der Waals surface area contributed by atoms with Crippen LogP contribution in [0, 0.1) is 11.3 Å². The molecule has 1 fully saturated rings. The third-order valence-electron chi connectivity index (χ3n) is 3.20. The first-order valence-corrected chi connectivity index (χ1v) is 5.58. The Labute approximate surface area is 87.0 Å². The van der Waals surface area contributed by atoms with E-state index in [1.54, 1.807) is 0 Å². The minimum atomic E-state index is 0.156. The van der Waals surface area contributed by atoms with Gasteiger partial charge in [-0.15, -0.1) is 0 Å². The maximum Gasteiger partial charge on any atom is 0.162 e. The van der Waals surface area contributed by atoms with Crippen LogP contribution in [0.25, 0.3) is 0 Å². The highest BCUT2D eigenvalue weighted by molar-refractivity contribution is 5.83. The molecule has 0 heterocycles. The smallest absolute Gasteiger partial charge is 0.162 e. The third-order valence-corrected chi connectivity index (χ3v) is 3.20. The van der Waals surface area contributed by atoms with Gasteiger partial charge in [-0.05, 0) is 32.1 Å². The number of ketones is 1. The Hall–Kier alpha value is -0.370. The fourth-order valence-electron chi connectivity index (χ4n) is 2.27. The molecule has 0 bridgehead atoms. The Kier molecular flexibility index (Phi) is 3.71. The minimum Gasteiger partial charge on any atom is -0.371 e. The van der Waals surface area contributed by atoms with Crippen molar-refractivity contribution in [3.8, 4) is 0 Å². The molecule has 1 saturated carbocycles. The number of hydrogen-bond donors (Lipinski definition) is 0. The van der Waals surface area contributed by atoms with Crippen molar-refractivity contribution < 1.29 is 9.53 Å². The number of Topliss-reactive ketones (excluding diaryl/α,β-unsaturated/α-hetero) is 1. The summed E-state index contributed by atoms with van der Waals surface area (Å²) in [5, 5.41) is 0. The molecule has 1 unspecified atom stereocenters. The Morgan fingerprint density at radius 2 is 2.14 bits per heavy atom. The van der Waals surface area contributed by atoms with Crippen molar-refractivity contribution in [2.45, 2.75) is 53.1 Å². The highest BCUT2D eigenvalue weighted by Crippen LogP contribution is 2.42. The van der Waals surface area contributed by atoms with E-state index in [1.165, 1.54) is 12.8 Å². The zero-order valence-electron chi connectivity index (χ0n) is 9.80. The summed E-state index contributed by atoms with van der Waals surface area (Å²) >= 11 is 0. The van der Waals surface area contributed by atoms with Gasteiger partial charge in [0.25, 0.3) is 0 Å². The van der Waals surface area contributed by atoms with Crippen molar-refractivity contribution in [3.63, 3.8) is 0 Å². The molecule has 0 aromatic carbocycles. The number of carbonyl (C=O) groups excluding carboxylic acids is 1. The summed E-state index contributed by atoms with van der Waals surface area (Å²) < 4.78 is 5.36. The number of ether oxygens (including phenoxy) is 1. The van der Waals surface area contributed by atoms with Gasteiger partial charge in [-0.1, -0.05) is 20.3 Å². The molecule has 0 N–H and O–H groups in total. The molecule has 82 valence electrons. The molecule has 0 aromatic heterocycles. The predicted molar refractivity (Wildman–Crippen MR) is 57.2 cm³/mol. The van der Waals surface area contributed by atoms with Gasteiger partial charge in [-0.25, -0.2) is 0 Å². The lowest BCUT2D eigenvalue weighted by Gasteiger charge is -2.25. The molecular formula is C12H22O2. The Bertz CT molecular complexity index is 206. The summed E-state index contributed by atoms with van der Waals surface area (Å²) in [5.41, 5.74) is 0.192. The maximum atomic E-state index is 11.8. The van der Waals surface area contributed by atoms with Gasteiger partial charge in [-0.3, -0.25) is 4.79 Å². The summed E-state index contributed by atoms with van der Waals surface area (Å²) in [6.07, 6.45) is 3.56. The van der Waals surface area contributed by atoms with Gasteiger partial charge in [0.2, 0.25) is 0 Å². The Balaban J connectivity index is 2.44. The van der Waals surface area contributed by atoms with Crippen molar-refractivity contribution in [1.82, 2.24) is 0 Å². The van der Waals surface area contributed by atoms with Gasteiger partial charge in [0.15, 0.2) is 5.78 Å². The first kappa shape index (κ1) is 11.7. The minimum absolute atomic E-state index is 0.156. The lowest BCUT2D eigenvalue weighted by molar-refractivity contribution is -0.131. The average Bonchev–Trinajstić information content (AvgIpc) is 2.41. The molecule has 0 saturated heterocycles. The molecule has 0 aliphatic heterocycles. The lowest BCUT2D eigenvalue weighted by Crippen LogP contribution is -2.29. The second kappa shape index (κ2) is 4.43. The molecule has 1 rings (SSSR count). The van der Waals surface area contributed by atoms with Gasteiger partial charge in [0, 0.05) is 5.92 Å². The van der Waals surface area contributed by atoms with E-state index in [-0.39, 0.29) is 17.4 Å². The standard InChI is InChI=1S/C12H22O2/c1-9(2)14-8-11(13)10-6-5-7-12(10,3)4/h9-10H,5-8H2,1-4H3. The normalized spacial score (nSPS) is 25.6. The van der Waals surface area contributed by atoms with Crippen LogP contribution in [0.2, 0.25) is 0 Å². The monoisotopic (exact) mass is 198 g/mol. The second-order valence-electron chi connectivity index (χ2n) is 5.26. The largest absolute Gasteiger partial charge is 0.371 e. The number of carbonyl (C=O) groups is 1. The fourth-order valence-corrected chi connectivity index (χ4v) is 2.27. The summed E-state index contributed by atoms with van der Waals surface area (Å²) in [4.78, 5) is 11.8. The van der Waals surface area contributed by atoms with Crippen molar-refractivity contribution in [3.05, 3.63) is 0 Å². The van der Waals surface area contributed by atoms with Crippen LogP contribution in [-0.2, 0) is 9.53 Å². The van der Waals surface area contributed by atoms with Crippen molar-refractivity contribution in [1.29, 1.82) is 0 Å². The molecule has 1 atom stereocenters. The quantitative estimate of drug-likeness (QED) is 0.694. The lowest BCUT2D eigenvalue weighted by atomic mass is 9.79. The highest BCUT2D eigenvalue weighted by atomic mass is 16.5. The molecule has 1 aliphatic carbocycles. The van der Waals surface area contributed by atoms with Crippen LogP contribution in [0.5, 0.6) is 0 Å². The molecule has 1 aliphatic rings. The molecule has 2 heteroatoms. The van der Waals surface area contributed by atoms with E-state index in [9.17, 15) is 4.79 Å². The molecule has 0 amide bonds. The molecule has 0 aromatic rings. The van der Waals surface area contributed by atoms with E-state index in [1.807, 2.05) is 13.8 Å². The SMILES string of the molecule is CC(C)OCC(=O)C1CCCC1(C)C. The molecule has 2 nitrogen and oxygen atoms in total. The molecule has 0 radical (unpaired) electrons. The van der Waals surface area contributed by atoms with Crippen molar-refractivity contribution in [2.24, 2.45) is 11.3 Å². The topological polar surface area (TPSA) is 26.3 Å². The predicted octanol–water partition coefficient (Wildman–Crippen LogP) is 2.81. The zero-order valence-corrected chi connectivity index (χ0v) is 9.80. The van der Waals surface area contributed by atoms with Crippen LogP contribution in [0.1, 0.15) is 47.0 Å². The summed E-state index contributed by atoms with van der Waals surface area (Å²) in [7, 11) is 0. The van der Waals surface area contributed by atoms with Gasteiger partial charge >= 0.3 is 0 Å². The van der Waals surface area contributed by atoms with Gasteiger partial charge in [-0.2, -0.15) is 0 Å². The highest BCUT2D eigenvalue weighted by Gasteiger charge is 2.38. The first-order chi connectivity index (χ1) is 6.43. The summed E-state index contributed by atoms with van der Waals surface area (Å²) in [5.74, 6) is 0.516. The zero-order chi connectivity index (χ0) is 10.8. The van der Waals surface area contributed by atoms with E-state index < -0.39 is 0 Å². The van der Waals surface area contributed by atoms with Crippen LogP contribution < -0.4 is 0 Å². The Morgan fingerprint density at radius 1 is 1.50 bits per heavy atom. The van der Waals surface area contributed by atoms with Gasteiger partial charge in [0.05, 0.1) is 6.10 Å². The fraction of sp³-hybridized carbons (Fsp3) is 0.917. The van der Waals surface area contributed by atoms with E-state index in [0.717, 1.165) is 6.42 Å². The number of rotatable bonds is 4. The molecule has 14 heavy (non-hydrogen) atoms. The van der Waals surface area contributed by atoms with E-state index >= 15 is 0 Å². The van der Waals surface area contributed by atoms with Crippen molar-refractivity contribution >= 4 is 5.78 Å². The van der Waals surface area contributed by atoms with Gasteiger partial charge in [0.1, 0.15) is 6.61 Å². The molecule has 0 spiro atoms. The average molecular weight is 198 g/mol. The van der Waals surface area contributed by atoms with Crippen LogP contribution >= 0.6 is 0 Å². The summed E-state index contributed by atoms with van der Waals surface area (Å²) in [6, 6.07) is 0.